The van der Waals surface area contributed by atoms with E-state index >= 15 is 0 Å². The van der Waals surface area contributed by atoms with Gasteiger partial charge in [-0.2, -0.15) is 0 Å². The van der Waals surface area contributed by atoms with Gasteiger partial charge in [-0.3, -0.25) is 14.4 Å². The predicted octanol–water partition coefficient (Wildman–Crippen LogP) is 19.1. The first-order valence-electron chi connectivity index (χ1n) is 28.8. The third-order valence-corrected chi connectivity index (χ3v) is 12.9. The molecule has 0 aromatic heterocycles. The lowest BCUT2D eigenvalue weighted by Gasteiger charge is -2.18. The monoisotopic (exact) mass is 915 g/mol. The van der Waals surface area contributed by atoms with Gasteiger partial charge < -0.3 is 14.2 Å². The number of esters is 3. The third kappa shape index (κ3) is 52.7. The maximum Gasteiger partial charge on any atom is 0.306 e. The van der Waals surface area contributed by atoms with Crippen LogP contribution < -0.4 is 0 Å². The highest BCUT2D eigenvalue weighted by Crippen LogP contribution is 2.16. The third-order valence-electron chi connectivity index (χ3n) is 12.9. The van der Waals surface area contributed by atoms with Gasteiger partial charge in [0.05, 0.1) is 0 Å². The molecule has 0 N–H and O–H groups in total. The van der Waals surface area contributed by atoms with E-state index < -0.39 is 6.10 Å². The summed E-state index contributed by atoms with van der Waals surface area (Å²) in [5.41, 5.74) is 0. The molecule has 1 unspecified atom stereocenters. The minimum atomic E-state index is -0.767. The summed E-state index contributed by atoms with van der Waals surface area (Å²) in [5, 5.41) is 0. The number of allylic oxidation sites excluding steroid dienone is 4. The van der Waals surface area contributed by atoms with Gasteiger partial charge in [0.1, 0.15) is 13.2 Å². The van der Waals surface area contributed by atoms with Crippen LogP contribution in [-0.2, 0) is 28.6 Å². The maximum atomic E-state index is 12.8. The van der Waals surface area contributed by atoms with Gasteiger partial charge in [0, 0.05) is 19.3 Å². The SMILES string of the molecule is CCCCCCCCCC/C=C\CCCCCCCCCCCC(=O)OCC(COC(=O)CCCCCCC)OC(=O)CCCCCCCCCCC/C=C\CCCCCCCCCC. The summed E-state index contributed by atoms with van der Waals surface area (Å²) in [7, 11) is 0. The summed E-state index contributed by atoms with van der Waals surface area (Å²) in [6.45, 7) is 6.59. The summed E-state index contributed by atoms with van der Waals surface area (Å²) in [6, 6.07) is 0. The lowest BCUT2D eigenvalue weighted by atomic mass is 10.1. The molecule has 6 heteroatoms. The van der Waals surface area contributed by atoms with E-state index in [1.165, 1.54) is 212 Å². The number of carbonyl (C=O) groups excluding carboxylic acids is 3. The largest absolute Gasteiger partial charge is 0.462 e. The Morgan fingerprint density at radius 1 is 0.292 bits per heavy atom. The van der Waals surface area contributed by atoms with Crippen LogP contribution in [0.15, 0.2) is 24.3 Å². The molecule has 0 radical (unpaired) electrons. The first-order chi connectivity index (χ1) is 32.0. The normalized spacial score (nSPS) is 12.1. The lowest BCUT2D eigenvalue weighted by Crippen LogP contribution is -2.30. The number of carbonyl (C=O) groups is 3. The fourth-order valence-corrected chi connectivity index (χ4v) is 8.55. The summed E-state index contributed by atoms with van der Waals surface area (Å²) in [6.07, 6.45) is 63.6. The van der Waals surface area contributed by atoms with Crippen LogP contribution in [0.2, 0.25) is 0 Å². The van der Waals surface area contributed by atoms with E-state index in [0.29, 0.717) is 19.3 Å². The molecule has 0 saturated heterocycles. The zero-order valence-electron chi connectivity index (χ0n) is 43.8. The zero-order valence-corrected chi connectivity index (χ0v) is 43.8. The minimum absolute atomic E-state index is 0.0704. The van der Waals surface area contributed by atoms with E-state index in [1.807, 2.05) is 0 Å². The van der Waals surface area contributed by atoms with E-state index in [9.17, 15) is 14.4 Å². The van der Waals surface area contributed by atoms with E-state index in [4.69, 9.17) is 14.2 Å². The Balaban J connectivity index is 4.07. The van der Waals surface area contributed by atoms with Crippen molar-refractivity contribution in [2.45, 2.75) is 322 Å². The highest BCUT2D eigenvalue weighted by Gasteiger charge is 2.19. The molecule has 1 atom stereocenters. The fraction of sp³-hybridized carbons (Fsp3) is 0.881. The Kier molecular flexibility index (Phi) is 52.7. The molecule has 0 spiro atoms. The van der Waals surface area contributed by atoms with Crippen molar-refractivity contribution in [2.75, 3.05) is 13.2 Å². The molecule has 0 aliphatic heterocycles. The Labute approximate surface area is 404 Å². The van der Waals surface area contributed by atoms with E-state index in [2.05, 4.69) is 45.1 Å². The van der Waals surface area contributed by atoms with Crippen molar-refractivity contribution in [1.29, 1.82) is 0 Å². The van der Waals surface area contributed by atoms with Gasteiger partial charge >= 0.3 is 17.9 Å². The van der Waals surface area contributed by atoms with Gasteiger partial charge in [-0.15, -0.1) is 0 Å². The first-order valence-corrected chi connectivity index (χ1v) is 28.8. The number of ether oxygens (including phenoxy) is 3. The number of hydrogen-bond donors (Lipinski definition) is 0. The van der Waals surface area contributed by atoms with Crippen LogP contribution in [0.1, 0.15) is 316 Å². The molecule has 0 aromatic rings. The standard InChI is InChI=1S/C59H110O6/c1-4-7-10-13-15-17-19-21-23-25-27-29-31-33-35-37-39-41-43-46-49-52-58(61)64-55-56(54-63-57(60)51-48-45-12-9-6-3)65-59(62)53-50-47-44-42-40-38-36-34-32-30-28-26-24-22-20-18-16-14-11-8-5-2/h25-28,56H,4-24,29-55H2,1-3H3/b27-25-,28-26-. The molecule has 0 saturated carbocycles. The van der Waals surface area contributed by atoms with Crippen LogP contribution in [0, 0.1) is 0 Å². The van der Waals surface area contributed by atoms with Crippen molar-refractivity contribution in [2.24, 2.45) is 0 Å². The second kappa shape index (κ2) is 54.5. The molecule has 0 aliphatic rings. The minimum Gasteiger partial charge on any atom is -0.462 e. The summed E-state index contributed by atoms with van der Waals surface area (Å²) >= 11 is 0. The quantitative estimate of drug-likeness (QED) is 0.0262. The van der Waals surface area contributed by atoms with Crippen LogP contribution in [0.25, 0.3) is 0 Å². The second-order valence-corrected chi connectivity index (χ2v) is 19.6. The van der Waals surface area contributed by atoms with Gasteiger partial charge in [-0.05, 0) is 70.6 Å². The van der Waals surface area contributed by atoms with Crippen molar-refractivity contribution in [3.63, 3.8) is 0 Å². The van der Waals surface area contributed by atoms with Gasteiger partial charge in [0.15, 0.2) is 6.10 Å². The van der Waals surface area contributed by atoms with Crippen LogP contribution >= 0.6 is 0 Å². The fourth-order valence-electron chi connectivity index (χ4n) is 8.55. The molecule has 0 amide bonds. The molecule has 0 bridgehead atoms. The molecule has 0 fully saturated rings. The topological polar surface area (TPSA) is 78.9 Å². The molecule has 0 heterocycles. The number of hydrogen-bond acceptors (Lipinski definition) is 6. The van der Waals surface area contributed by atoms with Gasteiger partial charge in [0.2, 0.25) is 0 Å². The van der Waals surface area contributed by atoms with Crippen molar-refractivity contribution < 1.29 is 28.6 Å². The predicted molar refractivity (Wildman–Crippen MR) is 279 cm³/mol. The Morgan fingerprint density at radius 3 is 0.769 bits per heavy atom. The molecule has 0 aromatic carbocycles. The van der Waals surface area contributed by atoms with Crippen molar-refractivity contribution in [3.05, 3.63) is 24.3 Å². The molecule has 0 aliphatic carbocycles. The summed E-state index contributed by atoms with van der Waals surface area (Å²) in [4.78, 5) is 37.8. The Bertz CT molecular complexity index is 1050. The maximum absolute atomic E-state index is 12.8. The van der Waals surface area contributed by atoms with Gasteiger partial charge in [-0.1, -0.05) is 251 Å². The van der Waals surface area contributed by atoms with Gasteiger partial charge in [0.25, 0.3) is 0 Å². The van der Waals surface area contributed by atoms with Crippen LogP contribution in [0.4, 0.5) is 0 Å². The molecular weight excluding hydrogens is 805 g/mol. The highest BCUT2D eigenvalue weighted by molar-refractivity contribution is 5.71. The number of rotatable bonds is 53. The Morgan fingerprint density at radius 2 is 0.508 bits per heavy atom. The van der Waals surface area contributed by atoms with Crippen molar-refractivity contribution >= 4 is 17.9 Å². The van der Waals surface area contributed by atoms with Crippen molar-refractivity contribution in [3.8, 4) is 0 Å². The smallest absolute Gasteiger partial charge is 0.306 e. The first kappa shape index (κ1) is 62.9. The Hall–Kier alpha value is -2.11. The summed E-state index contributed by atoms with van der Waals surface area (Å²) < 4.78 is 16.7. The zero-order chi connectivity index (χ0) is 47.2. The molecule has 6 nitrogen and oxygen atoms in total. The van der Waals surface area contributed by atoms with E-state index in [1.54, 1.807) is 0 Å². The number of unbranched alkanes of at least 4 members (excludes halogenated alkanes) is 38. The van der Waals surface area contributed by atoms with Gasteiger partial charge in [-0.25, -0.2) is 0 Å². The molecule has 0 rings (SSSR count). The van der Waals surface area contributed by atoms with E-state index in [-0.39, 0.29) is 31.1 Å². The highest BCUT2D eigenvalue weighted by atomic mass is 16.6. The molecule has 382 valence electrons. The van der Waals surface area contributed by atoms with Crippen molar-refractivity contribution in [1.82, 2.24) is 0 Å². The average molecular weight is 916 g/mol. The average Bonchev–Trinajstić information content (AvgIpc) is 3.30. The van der Waals surface area contributed by atoms with Crippen LogP contribution in [0.3, 0.4) is 0 Å². The second-order valence-electron chi connectivity index (χ2n) is 19.6. The summed E-state index contributed by atoms with van der Waals surface area (Å²) in [5.74, 6) is -0.872. The molecular formula is C59H110O6. The van der Waals surface area contributed by atoms with E-state index in [0.717, 1.165) is 64.2 Å². The molecule has 65 heavy (non-hydrogen) atoms. The lowest BCUT2D eigenvalue weighted by molar-refractivity contribution is -0.167. The van der Waals surface area contributed by atoms with Crippen LogP contribution in [0.5, 0.6) is 0 Å². The van der Waals surface area contributed by atoms with Crippen LogP contribution in [-0.4, -0.2) is 37.2 Å².